The summed E-state index contributed by atoms with van der Waals surface area (Å²) < 4.78 is 11.2. The van der Waals surface area contributed by atoms with Crippen molar-refractivity contribution in [1.29, 1.82) is 0 Å². The average molecular weight is 499 g/mol. The highest BCUT2D eigenvalue weighted by Gasteiger charge is 2.19. The maximum absolute atomic E-state index is 6.46. The standard InChI is InChI=1S/C36H22N2O/c1-5-15-30-24(10-1)25-11-2-6-16-31(25)37(30)23-20-21-33-29(22-23)26-12-3-7-17-32(26)38(33)34-18-9-14-28-27-13-4-8-19-35(27)39-36(28)34/h1-22H. The molecule has 3 nitrogen and oxygen atoms in total. The van der Waals surface area contributed by atoms with E-state index in [-0.39, 0.29) is 0 Å². The van der Waals surface area contributed by atoms with Gasteiger partial charge in [-0.15, -0.1) is 0 Å². The molecule has 0 unspecified atom stereocenters. The SMILES string of the molecule is c1ccc2c(c1)oc1c(-n3c4ccccc4c4cc(-n5c6ccccc6c6ccccc65)ccc43)cccc12. The van der Waals surface area contributed by atoms with Crippen LogP contribution in [0.15, 0.2) is 138 Å². The number of furan rings is 1. The van der Waals surface area contributed by atoms with E-state index in [2.05, 4.69) is 130 Å². The van der Waals surface area contributed by atoms with Gasteiger partial charge in [-0.25, -0.2) is 0 Å². The summed E-state index contributed by atoms with van der Waals surface area (Å²) in [6, 6.07) is 47.6. The smallest absolute Gasteiger partial charge is 0.159 e. The number of benzene rings is 6. The summed E-state index contributed by atoms with van der Waals surface area (Å²) in [6.45, 7) is 0. The molecule has 0 N–H and O–H groups in total. The number of rotatable bonds is 2. The number of aromatic nitrogens is 2. The van der Waals surface area contributed by atoms with Crippen molar-refractivity contribution in [2.45, 2.75) is 0 Å². The summed E-state index contributed by atoms with van der Waals surface area (Å²) in [4.78, 5) is 0. The number of hydrogen-bond acceptors (Lipinski definition) is 1. The first-order chi connectivity index (χ1) is 19.4. The molecule has 182 valence electrons. The van der Waals surface area contributed by atoms with Crippen LogP contribution in [0, 0.1) is 0 Å². The van der Waals surface area contributed by atoms with Crippen LogP contribution < -0.4 is 0 Å². The third-order valence-corrected chi connectivity index (χ3v) is 8.12. The fourth-order valence-electron chi connectivity index (χ4n) is 6.47. The van der Waals surface area contributed by atoms with Gasteiger partial charge in [-0.2, -0.15) is 0 Å². The molecular weight excluding hydrogens is 476 g/mol. The number of para-hydroxylation sites is 5. The molecule has 9 rings (SSSR count). The van der Waals surface area contributed by atoms with E-state index in [0.29, 0.717) is 0 Å². The Morgan fingerprint density at radius 2 is 0.923 bits per heavy atom. The molecule has 0 amide bonds. The lowest BCUT2D eigenvalue weighted by Gasteiger charge is -2.10. The molecular formula is C36H22N2O. The summed E-state index contributed by atoms with van der Waals surface area (Å²) in [5.74, 6) is 0. The average Bonchev–Trinajstić information content (AvgIpc) is 3.65. The Balaban J connectivity index is 1.38. The van der Waals surface area contributed by atoms with Crippen molar-refractivity contribution in [1.82, 2.24) is 9.13 Å². The fraction of sp³-hybridized carbons (Fsp3) is 0. The second-order valence-corrected chi connectivity index (χ2v) is 10.2. The molecule has 39 heavy (non-hydrogen) atoms. The van der Waals surface area contributed by atoms with Crippen molar-refractivity contribution in [2.75, 3.05) is 0 Å². The molecule has 0 aliphatic rings. The van der Waals surface area contributed by atoms with Gasteiger partial charge < -0.3 is 13.6 Å². The van der Waals surface area contributed by atoms with Crippen LogP contribution in [-0.4, -0.2) is 9.13 Å². The Bertz CT molecular complexity index is 2350. The van der Waals surface area contributed by atoms with Crippen LogP contribution in [0.4, 0.5) is 0 Å². The molecule has 9 aromatic rings. The quantitative estimate of drug-likeness (QED) is 0.233. The lowest BCUT2D eigenvalue weighted by molar-refractivity contribution is 0.666. The van der Waals surface area contributed by atoms with Gasteiger partial charge in [0.25, 0.3) is 0 Å². The zero-order valence-electron chi connectivity index (χ0n) is 21.0. The minimum atomic E-state index is 0.910. The number of nitrogens with zero attached hydrogens (tertiary/aromatic N) is 2. The third-order valence-electron chi connectivity index (χ3n) is 8.12. The maximum Gasteiger partial charge on any atom is 0.159 e. The van der Waals surface area contributed by atoms with Gasteiger partial charge in [0, 0.05) is 38.0 Å². The van der Waals surface area contributed by atoms with Gasteiger partial charge in [-0.1, -0.05) is 84.9 Å². The molecule has 0 spiro atoms. The maximum atomic E-state index is 6.46. The van der Waals surface area contributed by atoms with Crippen LogP contribution in [0.3, 0.4) is 0 Å². The van der Waals surface area contributed by atoms with Crippen molar-refractivity contribution < 1.29 is 4.42 Å². The number of hydrogen-bond donors (Lipinski definition) is 0. The highest BCUT2D eigenvalue weighted by molar-refractivity contribution is 6.14. The van der Waals surface area contributed by atoms with Gasteiger partial charge >= 0.3 is 0 Å². The Morgan fingerprint density at radius 3 is 1.64 bits per heavy atom. The predicted octanol–water partition coefficient (Wildman–Crippen LogP) is 9.78. The molecule has 0 saturated heterocycles. The lowest BCUT2D eigenvalue weighted by atomic mass is 10.1. The number of fused-ring (bicyclic) bond motifs is 9. The van der Waals surface area contributed by atoms with Crippen LogP contribution in [-0.2, 0) is 0 Å². The molecule has 0 aliphatic carbocycles. The van der Waals surface area contributed by atoms with E-state index >= 15 is 0 Å². The largest absolute Gasteiger partial charge is 0.454 e. The molecule has 0 bridgehead atoms. The van der Waals surface area contributed by atoms with Crippen LogP contribution >= 0.6 is 0 Å². The third kappa shape index (κ3) is 2.76. The van der Waals surface area contributed by atoms with Gasteiger partial charge in [0.05, 0.1) is 27.8 Å². The van der Waals surface area contributed by atoms with Gasteiger partial charge in [0.15, 0.2) is 5.58 Å². The lowest BCUT2D eigenvalue weighted by Crippen LogP contribution is -1.96. The Labute approximate surface area is 223 Å². The highest BCUT2D eigenvalue weighted by Crippen LogP contribution is 2.39. The van der Waals surface area contributed by atoms with Gasteiger partial charge in [0.2, 0.25) is 0 Å². The predicted molar refractivity (Wildman–Crippen MR) is 162 cm³/mol. The topological polar surface area (TPSA) is 23.0 Å². The molecule has 0 fully saturated rings. The van der Waals surface area contributed by atoms with Crippen LogP contribution in [0.25, 0.3) is 76.9 Å². The van der Waals surface area contributed by atoms with Gasteiger partial charge in [0.1, 0.15) is 5.58 Å². The van der Waals surface area contributed by atoms with E-state index in [4.69, 9.17) is 4.42 Å². The first-order valence-corrected chi connectivity index (χ1v) is 13.3. The molecule has 0 saturated carbocycles. The van der Waals surface area contributed by atoms with E-state index in [1.807, 2.05) is 12.1 Å². The summed E-state index contributed by atoms with van der Waals surface area (Å²) in [7, 11) is 0. The Hall–Kier alpha value is -5.28. The minimum absolute atomic E-state index is 0.910. The van der Waals surface area contributed by atoms with Crippen molar-refractivity contribution in [3.8, 4) is 11.4 Å². The zero-order valence-corrected chi connectivity index (χ0v) is 21.0. The minimum Gasteiger partial charge on any atom is -0.454 e. The first-order valence-electron chi connectivity index (χ1n) is 13.3. The fourth-order valence-corrected chi connectivity index (χ4v) is 6.47. The zero-order chi connectivity index (χ0) is 25.5. The van der Waals surface area contributed by atoms with Crippen molar-refractivity contribution >= 4 is 65.6 Å². The molecule has 0 aliphatic heterocycles. The summed E-state index contributed by atoms with van der Waals surface area (Å²) in [5, 5.41) is 7.26. The summed E-state index contributed by atoms with van der Waals surface area (Å²) >= 11 is 0. The van der Waals surface area contributed by atoms with Crippen molar-refractivity contribution in [3.63, 3.8) is 0 Å². The van der Waals surface area contributed by atoms with E-state index < -0.39 is 0 Å². The van der Waals surface area contributed by atoms with E-state index in [1.54, 1.807) is 0 Å². The highest BCUT2D eigenvalue weighted by atomic mass is 16.3. The first kappa shape index (κ1) is 20.7. The molecule has 0 radical (unpaired) electrons. The van der Waals surface area contributed by atoms with Crippen LogP contribution in [0.2, 0.25) is 0 Å². The summed E-state index contributed by atoms with van der Waals surface area (Å²) in [5.41, 5.74) is 8.79. The van der Waals surface area contributed by atoms with Crippen LogP contribution in [0.1, 0.15) is 0 Å². The molecule has 6 aromatic carbocycles. The van der Waals surface area contributed by atoms with E-state index in [0.717, 1.165) is 38.8 Å². The second-order valence-electron chi connectivity index (χ2n) is 10.2. The molecule has 3 heterocycles. The Morgan fingerprint density at radius 1 is 0.385 bits per heavy atom. The van der Waals surface area contributed by atoms with Gasteiger partial charge in [-0.05, 0) is 48.5 Å². The molecule has 3 heteroatoms. The van der Waals surface area contributed by atoms with Crippen molar-refractivity contribution in [3.05, 3.63) is 133 Å². The van der Waals surface area contributed by atoms with Crippen LogP contribution in [0.5, 0.6) is 0 Å². The van der Waals surface area contributed by atoms with E-state index in [1.165, 1.54) is 38.1 Å². The normalized spacial score (nSPS) is 12.1. The molecule has 3 aromatic heterocycles. The van der Waals surface area contributed by atoms with Gasteiger partial charge in [-0.3, -0.25) is 0 Å². The second kappa shape index (κ2) is 7.62. The monoisotopic (exact) mass is 498 g/mol. The Kier molecular flexibility index (Phi) is 4.05. The summed E-state index contributed by atoms with van der Waals surface area (Å²) in [6.07, 6.45) is 0. The molecule has 0 atom stereocenters. The van der Waals surface area contributed by atoms with Crippen molar-refractivity contribution in [2.24, 2.45) is 0 Å². The van der Waals surface area contributed by atoms with E-state index in [9.17, 15) is 0 Å².